The van der Waals surface area contributed by atoms with Gasteiger partial charge in [0.05, 0.1) is 5.69 Å². The third-order valence-corrected chi connectivity index (χ3v) is 5.06. The maximum Gasteiger partial charge on any atom is 0.143 e. The Labute approximate surface area is 159 Å². The Morgan fingerprint density at radius 3 is 2.81 bits per heavy atom. The summed E-state index contributed by atoms with van der Waals surface area (Å²) in [4.78, 5) is 4.75. The number of aromatic nitrogens is 1. The van der Waals surface area contributed by atoms with Crippen molar-refractivity contribution in [3.63, 3.8) is 0 Å². The third kappa shape index (κ3) is 2.87. The van der Waals surface area contributed by atoms with E-state index in [0.29, 0.717) is 0 Å². The molecule has 0 spiro atoms. The van der Waals surface area contributed by atoms with Crippen molar-refractivity contribution in [3.8, 4) is 0 Å². The van der Waals surface area contributed by atoms with Gasteiger partial charge in [0.15, 0.2) is 0 Å². The van der Waals surface area contributed by atoms with Crippen LogP contribution in [0.25, 0.3) is 39.5 Å². The lowest BCUT2D eigenvalue weighted by Gasteiger charge is -2.10. The molecule has 3 aromatic rings. The summed E-state index contributed by atoms with van der Waals surface area (Å²) in [5.41, 5.74) is 5.20. The second kappa shape index (κ2) is 7.24. The first-order valence-electron chi connectivity index (χ1n) is 9.40. The number of furan rings is 1. The van der Waals surface area contributed by atoms with E-state index < -0.39 is 0 Å². The molecule has 0 saturated carbocycles. The fourth-order valence-corrected chi connectivity index (χ4v) is 3.74. The van der Waals surface area contributed by atoms with E-state index in [1.807, 2.05) is 50.4 Å². The molecule has 0 amide bonds. The topological polar surface area (TPSA) is 26.0 Å². The molecule has 27 heavy (non-hydrogen) atoms. The fraction of sp³-hybridized carbons (Fsp3) is 0.160. The van der Waals surface area contributed by atoms with Crippen molar-refractivity contribution >= 4 is 39.5 Å². The van der Waals surface area contributed by atoms with E-state index in [1.54, 1.807) is 0 Å². The summed E-state index contributed by atoms with van der Waals surface area (Å²) < 4.78 is 6.38. The van der Waals surface area contributed by atoms with Crippen LogP contribution in [0.2, 0.25) is 0 Å². The van der Waals surface area contributed by atoms with E-state index in [9.17, 15) is 0 Å². The first-order chi connectivity index (χ1) is 13.3. The molecule has 1 aliphatic carbocycles. The predicted molar refractivity (Wildman–Crippen MR) is 117 cm³/mol. The zero-order chi connectivity index (χ0) is 18.8. The molecule has 0 saturated heterocycles. The summed E-state index contributed by atoms with van der Waals surface area (Å²) in [5, 5.41) is 3.38. The number of aryl methyl sites for hydroxylation is 1. The molecular formula is C25H23NO. The first-order valence-corrected chi connectivity index (χ1v) is 9.40. The predicted octanol–water partition coefficient (Wildman–Crippen LogP) is 7.12. The monoisotopic (exact) mass is 353 g/mol. The largest absolute Gasteiger partial charge is 0.460 e. The molecule has 0 atom stereocenters. The smallest absolute Gasteiger partial charge is 0.143 e. The van der Waals surface area contributed by atoms with Crippen LogP contribution in [0.4, 0.5) is 0 Å². The molecule has 0 unspecified atom stereocenters. The van der Waals surface area contributed by atoms with Gasteiger partial charge >= 0.3 is 0 Å². The van der Waals surface area contributed by atoms with Crippen molar-refractivity contribution < 1.29 is 4.42 Å². The Balaban J connectivity index is 2.11. The number of allylic oxidation sites excluding steroid dienone is 7. The molecule has 2 aromatic heterocycles. The van der Waals surface area contributed by atoms with Crippen LogP contribution in [-0.4, -0.2) is 4.98 Å². The molecule has 0 N–H and O–H groups in total. The number of fused-ring (bicyclic) bond motifs is 5. The number of benzene rings is 1. The Morgan fingerprint density at radius 1 is 1.19 bits per heavy atom. The highest BCUT2D eigenvalue weighted by Crippen LogP contribution is 2.38. The van der Waals surface area contributed by atoms with Crippen LogP contribution >= 0.6 is 0 Å². The highest BCUT2D eigenvalue weighted by molar-refractivity contribution is 6.13. The van der Waals surface area contributed by atoms with Crippen LogP contribution in [0.3, 0.4) is 0 Å². The lowest BCUT2D eigenvalue weighted by atomic mass is 9.96. The van der Waals surface area contributed by atoms with E-state index >= 15 is 0 Å². The average molecular weight is 353 g/mol. The highest BCUT2D eigenvalue weighted by atomic mass is 16.3. The SMILES string of the molecule is C=C/C(=C\C)c1ncc(/C=C\C=C/C)c2c1ccc1c3c(oc12)CCC=C3. The van der Waals surface area contributed by atoms with Crippen molar-refractivity contribution in [2.75, 3.05) is 0 Å². The quantitative estimate of drug-likeness (QED) is 0.467. The summed E-state index contributed by atoms with van der Waals surface area (Å²) in [7, 11) is 0. The number of hydrogen-bond donors (Lipinski definition) is 0. The molecule has 4 rings (SSSR count). The summed E-state index contributed by atoms with van der Waals surface area (Å²) in [6.45, 7) is 7.97. The van der Waals surface area contributed by atoms with E-state index in [2.05, 4.69) is 36.9 Å². The lowest BCUT2D eigenvalue weighted by Crippen LogP contribution is -1.92. The van der Waals surface area contributed by atoms with Crippen LogP contribution < -0.4 is 0 Å². The maximum absolute atomic E-state index is 6.38. The van der Waals surface area contributed by atoms with Gasteiger partial charge in [0.1, 0.15) is 11.3 Å². The highest BCUT2D eigenvalue weighted by Gasteiger charge is 2.19. The van der Waals surface area contributed by atoms with E-state index in [1.165, 1.54) is 10.9 Å². The van der Waals surface area contributed by atoms with E-state index in [0.717, 1.165) is 51.8 Å². The van der Waals surface area contributed by atoms with Crippen molar-refractivity contribution in [3.05, 3.63) is 83.9 Å². The van der Waals surface area contributed by atoms with E-state index in [4.69, 9.17) is 9.40 Å². The van der Waals surface area contributed by atoms with E-state index in [-0.39, 0.29) is 0 Å². The second-order valence-electron chi connectivity index (χ2n) is 6.64. The number of hydrogen-bond acceptors (Lipinski definition) is 2. The molecule has 0 fully saturated rings. The Kier molecular flexibility index (Phi) is 4.64. The van der Waals surface area contributed by atoms with Gasteiger partial charge in [0, 0.05) is 39.9 Å². The normalized spacial score (nSPS) is 14.7. The van der Waals surface area contributed by atoms with Gasteiger partial charge in [-0.25, -0.2) is 0 Å². The molecule has 134 valence electrons. The Bertz CT molecular complexity index is 1150. The average Bonchev–Trinajstić information content (AvgIpc) is 3.09. The minimum atomic E-state index is 0.942. The van der Waals surface area contributed by atoms with Gasteiger partial charge in [-0.15, -0.1) is 0 Å². The van der Waals surface area contributed by atoms with Crippen molar-refractivity contribution in [2.24, 2.45) is 0 Å². The molecule has 0 bridgehead atoms. The Hall–Kier alpha value is -3.13. The Morgan fingerprint density at radius 2 is 2.04 bits per heavy atom. The molecule has 2 heteroatoms. The molecule has 0 aliphatic heterocycles. The van der Waals surface area contributed by atoms with Gasteiger partial charge in [-0.1, -0.05) is 61.3 Å². The molecule has 1 aromatic carbocycles. The molecular weight excluding hydrogens is 330 g/mol. The third-order valence-electron chi connectivity index (χ3n) is 5.06. The summed E-state index contributed by atoms with van der Waals surface area (Å²) in [5.74, 6) is 1.08. The van der Waals surface area contributed by atoms with Gasteiger partial charge in [0.25, 0.3) is 0 Å². The second-order valence-corrected chi connectivity index (χ2v) is 6.64. The molecule has 0 radical (unpaired) electrons. The van der Waals surface area contributed by atoms with Gasteiger partial charge in [-0.05, 0) is 31.9 Å². The molecule has 1 aliphatic rings. The minimum Gasteiger partial charge on any atom is -0.460 e. The van der Waals surface area contributed by atoms with Crippen molar-refractivity contribution in [1.82, 2.24) is 4.98 Å². The number of rotatable bonds is 4. The zero-order valence-corrected chi connectivity index (χ0v) is 15.8. The maximum atomic E-state index is 6.38. The van der Waals surface area contributed by atoms with Crippen LogP contribution in [0, 0.1) is 0 Å². The summed E-state index contributed by atoms with van der Waals surface area (Å²) in [6.07, 6.45) is 20.4. The standard InChI is InChI=1S/C25H23NO/c1-4-7-8-11-18-16-26-24(17(5-2)6-3)21-15-14-20-19-12-9-10-13-22(19)27-25(20)23(18)21/h4-9,11-12,14-16H,2,10,13H2,1,3H3/b7-4-,11-8-,17-6+. The molecule has 2 nitrogen and oxygen atoms in total. The van der Waals surface area contributed by atoms with Crippen LogP contribution in [0.5, 0.6) is 0 Å². The fourth-order valence-electron chi connectivity index (χ4n) is 3.74. The summed E-state index contributed by atoms with van der Waals surface area (Å²) >= 11 is 0. The molecule has 2 heterocycles. The number of nitrogens with zero attached hydrogens (tertiary/aromatic N) is 1. The van der Waals surface area contributed by atoms with Gasteiger partial charge in [0.2, 0.25) is 0 Å². The van der Waals surface area contributed by atoms with Crippen LogP contribution in [0.15, 0.2) is 65.8 Å². The first kappa shape index (κ1) is 17.3. The summed E-state index contributed by atoms with van der Waals surface area (Å²) in [6, 6.07) is 4.33. The van der Waals surface area contributed by atoms with Gasteiger partial charge < -0.3 is 4.42 Å². The minimum absolute atomic E-state index is 0.942. The lowest BCUT2D eigenvalue weighted by molar-refractivity contribution is 0.548. The van der Waals surface area contributed by atoms with Gasteiger partial charge in [-0.3, -0.25) is 4.98 Å². The van der Waals surface area contributed by atoms with Crippen LogP contribution in [0.1, 0.15) is 42.8 Å². The van der Waals surface area contributed by atoms with Crippen molar-refractivity contribution in [2.45, 2.75) is 26.7 Å². The van der Waals surface area contributed by atoms with Crippen LogP contribution in [-0.2, 0) is 6.42 Å². The van der Waals surface area contributed by atoms with Crippen molar-refractivity contribution in [1.29, 1.82) is 0 Å². The zero-order valence-electron chi connectivity index (χ0n) is 15.8. The van der Waals surface area contributed by atoms with Gasteiger partial charge in [-0.2, -0.15) is 0 Å². The number of pyridine rings is 1.